The lowest BCUT2D eigenvalue weighted by molar-refractivity contribution is -0.384. The fourth-order valence-corrected chi connectivity index (χ4v) is 1.52. The summed E-state index contributed by atoms with van der Waals surface area (Å²) in [4.78, 5) is 30.6. The van der Waals surface area contributed by atoms with Crippen LogP contribution < -0.4 is 0 Å². The lowest BCUT2D eigenvalue weighted by atomic mass is 10.0. The van der Waals surface area contributed by atoms with E-state index in [1.807, 2.05) is 6.07 Å². The van der Waals surface area contributed by atoms with Crippen LogP contribution in [0.5, 0.6) is 0 Å². The zero-order valence-electron chi connectivity index (χ0n) is 10.7. The van der Waals surface area contributed by atoms with E-state index >= 15 is 0 Å². The van der Waals surface area contributed by atoms with Gasteiger partial charge in [-0.05, 0) is 0 Å². The highest BCUT2D eigenvalue weighted by Crippen LogP contribution is 2.16. The highest BCUT2D eigenvalue weighted by Gasteiger charge is 2.12. The van der Waals surface area contributed by atoms with Gasteiger partial charge in [0.2, 0.25) is 0 Å². The maximum atomic E-state index is 12.0. The molecule has 0 bridgehead atoms. The van der Waals surface area contributed by atoms with Crippen molar-refractivity contribution in [3.8, 4) is 0 Å². The van der Waals surface area contributed by atoms with Gasteiger partial charge in [-0.2, -0.15) is 0 Å². The number of nitro groups is 1. The zero-order chi connectivity index (χ0) is 15.8. The molecule has 2 aromatic carbocycles. The Balaban J connectivity index is 0.000000491. The van der Waals surface area contributed by atoms with Gasteiger partial charge in [-0.15, -0.1) is 0 Å². The molecule has 0 saturated heterocycles. The highest BCUT2D eigenvalue weighted by atomic mass is 16.6. The molecule has 0 spiro atoms. The number of nitro benzene ring substituents is 1. The summed E-state index contributed by atoms with van der Waals surface area (Å²) in [5.41, 5.74) is 0.769. The molecule has 0 aliphatic carbocycles. The molecule has 108 valence electrons. The summed E-state index contributed by atoms with van der Waals surface area (Å²) in [6.45, 7) is 0. The van der Waals surface area contributed by atoms with Crippen LogP contribution in [0.15, 0.2) is 54.6 Å². The number of carbonyl (C=O) groups is 2. The number of carboxylic acid groups (broad SMARTS) is 2. The van der Waals surface area contributed by atoms with Crippen molar-refractivity contribution in [3.05, 3.63) is 75.8 Å². The molecule has 7 heteroatoms. The molecule has 2 rings (SSSR count). The predicted octanol–water partition coefficient (Wildman–Crippen LogP) is 3.05. The molecule has 0 fully saturated rings. The van der Waals surface area contributed by atoms with E-state index in [0.717, 1.165) is 0 Å². The maximum absolute atomic E-state index is 12.0. The molecule has 21 heavy (non-hydrogen) atoms. The van der Waals surface area contributed by atoms with Gasteiger partial charge in [0.25, 0.3) is 5.69 Å². The van der Waals surface area contributed by atoms with E-state index in [2.05, 4.69) is 0 Å². The molecule has 7 nitrogen and oxygen atoms in total. The van der Waals surface area contributed by atoms with Crippen molar-refractivity contribution >= 4 is 17.6 Å². The van der Waals surface area contributed by atoms with Crippen molar-refractivity contribution in [3.63, 3.8) is 0 Å². The van der Waals surface area contributed by atoms with Crippen LogP contribution >= 0.6 is 0 Å². The van der Waals surface area contributed by atoms with Crippen molar-refractivity contribution in [2.75, 3.05) is 0 Å². The molecule has 2 N–H and O–H groups in total. The average molecular weight is 289 g/mol. The van der Waals surface area contributed by atoms with Crippen molar-refractivity contribution in [1.82, 2.24) is 0 Å². The second-order valence-electron chi connectivity index (χ2n) is 3.79. The van der Waals surface area contributed by atoms with E-state index in [0.29, 0.717) is 11.1 Å². The first-order chi connectivity index (χ1) is 9.91. The van der Waals surface area contributed by atoms with E-state index in [9.17, 15) is 14.9 Å². The minimum Gasteiger partial charge on any atom is -0.450 e. The van der Waals surface area contributed by atoms with Gasteiger partial charge in [-0.3, -0.25) is 14.9 Å². The molecule has 2 aromatic rings. The van der Waals surface area contributed by atoms with Gasteiger partial charge >= 0.3 is 6.16 Å². The molecule has 0 heterocycles. The van der Waals surface area contributed by atoms with Gasteiger partial charge in [0.1, 0.15) is 0 Å². The molecule has 0 aliphatic rings. The Labute approximate surface area is 119 Å². The van der Waals surface area contributed by atoms with Crippen molar-refractivity contribution in [2.24, 2.45) is 0 Å². The van der Waals surface area contributed by atoms with E-state index in [1.165, 1.54) is 18.2 Å². The van der Waals surface area contributed by atoms with Crippen molar-refractivity contribution in [2.45, 2.75) is 0 Å². The lowest BCUT2D eigenvalue weighted by Crippen LogP contribution is -2.01. The number of hydrogen-bond acceptors (Lipinski definition) is 4. The monoisotopic (exact) mass is 289 g/mol. The van der Waals surface area contributed by atoms with Gasteiger partial charge in [-0.25, -0.2) is 4.79 Å². The third-order valence-corrected chi connectivity index (χ3v) is 2.36. The third-order valence-electron chi connectivity index (χ3n) is 2.36. The standard InChI is InChI=1S/C13H9NO3.CH2O3/c15-13(10-5-2-1-3-6-10)11-7-4-8-12(9-11)14(16)17;2-1(3)4/h1-9H;(H2,2,3,4). The number of carbonyl (C=O) groups excluding carboxylic acids is 1. The summed E-state index contributed by atoms with van der Waals surface area (Å²) in [6.07, 6.45) is -1.83. The molecule has 0 amide bonds. The Kier molecular flexibility index (Phi) is 5.57. The van der Waals surface area contributed by atoms with E-state index in [4.69, 9.17) is 15.0 Å². The van der Waals surface area contributed by atoms with Crippen LogP contribution in [0.1, 0.15) is 15.9 Å². The number of nitrogens with zero attached hydrogens (tertiary/aromatic N) is 1. The normalized spacial score (nSPS) is 9.14. The first kappa shape index (κ1) is 15.8. The first-order valence-electron chi connectivity index (χ1n) is 5.68. The molecular weight excluding hydrogens is 278 g/mol. The van der Waals surface area contributed by atoms with Crippen LogP contribution in [0.2, 0.25) is 0 Å². The summed E-state index contributed by atoms with van der Waals surface area (Å²) in [6, 6.07) is 14.4. The Morgan fingerprint density at radius 3 is 1.95 bits per heavy atom. The molecule has 0 saturated carbocycles. The fourth-order valence-electron chi connectivity index (χ4n) is 1.52. The molecule has 0 unspecified atom stereocenters. The summed E-state index contributed by atoms with van der Waals surface area (Å²) < 4.78 is 0. The van der Waals surface area contributed by atoms with Gasteiger partial charge < -0.3 is 10.2 Å². The van der Waals surface area contributed by atoms with Crippen LogP contribution in [0.3, 0.4) is 0 Å². The Hall–Kier alpha value is -3.22. The summed E-state index contributed by atoms with van der Waals surface area (Å²) in [7, 11) is 0. The number of benzene rings is 2. The van der Waals surface area contributed by atoms with Crippen LogP contribution in [-0.2, 0) is 0 Å². The smallest absolute Gasteiger partial charge is 0.450 e. The zero-order valence-corrected chi connectivity index (χ0v) is 10.7. The van der Waals surface area contributed by atoms with E-state index in [1.54, 1.807) is 30.3 Å². The van der Waals surface area contributed by atoms with Gasteiger partial charge in [0, 0.05) is 23.3 Å². The summed E-state index contributed by atoms with van der Waals surface area (Å²) in [5.74, 6) is -0.214. The molecular formula is C14H11NO6. The number of rotatable bonds is 3. The van der Waals surface area contributed by atoms with Crippen LogP contribution in [0, 0.1) is 10.1 Å². The summed E-state index contributed by atoms with van der Waals surface area (Å²) >= 11 is 0. The Morgan fingerprint density at radius 2 is 1.43 bits per heavy atom. The molecule has 0 aromatic heterocycles. The first-order valence-corrected chi connectivity index (χ1v) is 5.68. The minimum absolute atomic E-state index is 0.0771. The average Bonchev–Trinajstić information content (AvgIpc) is 2.47. The second kappa shape index (κ2) is 7.39. The van der Waals surface area contributed by atoms with Gasteiger partial charge in [0.05, 0.1) is 4.92 Å². The SMILES string of the molecule is O=C(O)O.O=C(c1ccccc1)c1cccc([N+](=O)[O-])c1. The van der Waals surface area contributed by atoms with Crippen LogP contribution in [0.4, 0.5) is 10.5 Å². The topological polar surface area (TPSA) is 118 Å². The quantitative estimate of drug-likeness (QED) is 0.509. The van der Waals surface area contributed by atoms with E-state index < -0.39 is 11.1 Å². The lowest BCUT2D eigenvalue weighted by Gasteiger charge is -2.00. The molecule has 0 aliphatic heterocycles. The highest BCUT2D eigenvalue weighted by molar-refractivity contribution is 6.09. The number of non-ortho nitro benzene ring substituents is 1. The predicted molar refractivity (Wildman–Crippen MR) is 73.6 cm³/mol. The van der Waals surface area contributed by atoms with E-state index in [-0.39, 0.29) is 11.5 Å². The van der Waals surface area contributed by atoms with Gasteiger partial charge in [-0.1, -0.05) is 42.5 Å². The molecule has 0 radical (unpaired) electrons. The molecule has 0 atom stereocenters. The Morgan fingerprint density at radius 1 is 0.905 bits per heavy atom. The fraction of sp³-hybridized carbons (Fsp3) is 0. The maximum Gasteiger partial charge on any atom is 0.503 e. The largest absolute Gasteiger partial charge is 0.503 e. The van der Waals surface area contributed by atoms with Crippen molar-refractivity contribution < 1.29 is 24.7 Å². The Bertz CT molecular complexity index is 650. The summed E-state index contributed by atoms with van der Waals surface area (Å²) in [5, 5.41) is 24.6. The van der Waals surface area contributed by atoms with Crippen LogP contribution in [-0.4, -0.2) is 27.1 Å². The number of hydrogen-bond donors (Lipinski definition) is 2. The third kappa shape index (κ3) is 5.11. The number of ketones is 1. The van der Waals surface area contributed by atoms with Gasteiger partial charge in [0.15, 0.2) is 5.78 Å². The minimum atomic E-state index is -1.83. The van der Waals surface area contributed by atoms with Crippen LogP contribution in [0.25, 0.3) is 0 Å². The second-order valence-corrected chi connectivity index (χ2v) is 3.79. The van der Waals surface area contributed by atoms with Crippen molar-refractivity contribution in [1.29, 1.82) is 0 Å².